The molecular weight excluding hydrogens is 631 g/mol. The van der Waals surface area contributed by atoms with Gasteiger partial charge in [0.15, 0.2) is 5.69 Å². The van der Waals surface area contributed by atoms with Gasteiger partial charge >= 0.3 is 0 Å². The minimum Gasteiger partial charge on any atom is -0.256 e. The van der Waals surface area contributed by atoms with Gasteiger partial charge in [-0.15, -0.1) is 0 Å². The Bertz CT molecular complexity index is 2580. The molecule has 0 atom stereocenters. The third-order valence-electron chi connectivity index (χ3n) is 13.1. The summed E-state index contributed by atoms with van der Waals surface area (Å²) < 4.78 is 0. The first-order valence-corrected chi connectivity index (χ1v) is 18.8. The SMILES string of the molecule is [C-]#[N+]c1cccc2c1-c1ccc(-c3cccc(-c4cc(-c5ccccc5)nc(-c5ccc6cccnc6c5)c4)c3)cc1C21C2CC3CC(C2)CC1C3. The van der Waals surface area contributed by atoms with Gasteiger partial charge in [0.05, 0.1) is 23.5 Å². The van der Waals surface area contributed by atoms with E-state index >= 15 is 0 Å². The number of hydrogen-bond acceptors (Lipinski definition) is 2. The van der Waals surface area contributed by atoms with E-state index in [1.807, 2.05) is 18.3 Å². The van der Waals surface area contributed by atoms with Crippen molar-refractivity contribution in [1.29, 1.82) is 0 Å². The summed E-state index contributed by atoms with van der Waals surface area (Å²) in [5.74, 6) is 3.06. The number of hydrogen-bond donors (Lipinski definition) is 0. The van der Waals surface area contributed by atoms with Crippen LogP contribution in [0.15, 0.2) is 140 Å². The third-order valence-corrected chi connectivity index (χ3v) is 13.1. The van der Waals surface area contributed by atoms with Crippen LogP contribution >= 0.6 is 0 Å². The van der Waals surface area contributed by atoms with Crippen LogP contribution in [0.5, 0.6) is 0 Å². The van der Waals surface area contributed by atoms with Gasteiger partial charge in [-0.1, -0.05) is 97.1 Å². The van der Waals surface area contributed by atoms with Gasteiger partial charge in [0, 0.05) is 28.1 Å². The summed E-state index contributed by atoms with van der Waals surface area (Å²) in [6, 6.07) is 48.2. The van der Waals surface area contributed by atoms with Crippen molar-refractivity contribution < 1.29 is 0 Å². The Morgan fingerprint density at radius 1 is 0.538 bits per heavy atom. The van der Waals surface area contributed by atoms with Gasteiger partial charge in [0.2, 0.25) is 0 Å². The first-order valence-electron chi connectivity index (χ1n) is 18.8. The largest absolute Gasteiger partial charge is 0.256 e. The molecule has 7 aromatic rings. The summed E-state index contributed by atoms with van der Waals surface area (Å²) in [6.07, 6.45) is 8.59. The lowest BCUT2D eigenvalue weighted by atomic mass is 9.43. The molecule has 52 heavy (non-hydrogen) atoms. The summed E-state index contributed by atoms with van der Waals surface area (Å²) in [5, 5.41) is 1.12. The number of pyridine rings is 2. The maximum atomic E-state index is 8.13. The average molecular weight is 668 g/mol. The van der Waals surface area contributed by atoms with Crippen LogP contribution in [-0.2, 0) is 5.41 Å². The molecule has 4 fully saturated rings. The second-order valence-electron chi connectivity index (χ2n) is 15.7. The van der Waals surface area contributed by atoms with Crippen molar-refractivity contribution in [3.05, 3.63) is 162 Å². The monoisotopic (exact) mass is 667 g/mol. The highest BCUT2D eigenvalue weighted by molar-refractivity contribution is 5.93. The lowest BCUT2D eigenvalue weighted by Crippen LogP contribution is -2.55. The molecule has 4 saturated carbocycles. The van der Waals surface area contributed by atoms with Crippen molar-refractivity contribution in [2.45, 2.75) is 37.5 Å². The van der Waals surface area contributed by atoms with E-state index in [-0.39, 0.29) is 5.41 Å². The Balaban J connectivity index is 1.05. The highest BCUT2D eigenvalue weighted by Crippen LogP contribution is 2.70. The van der Waals surface area contributed by atoms with Crippen LogP contribution in [0.2, 0.25) is 0 Å². The first-order chi connectivity index (χ1) is 25.7. The summed E-state index contributed by atoms with van der Waals surface area (Å²) in [4.78, 5) is 13.9. The smallest absolute Gasteiger partial charge is 0.195 e. The van der Waals surface area contributed by atoms with E-state index in [2.05, 4.69) is 131 Å². The van der Waals surface area contributed by atoms with E-state index in [9.17, 15) is 0 Å². The molecule has 0 saturated heterocycles. The van der Waals surface area contributed by atoms with Crippen molar-refractivity contribution in [3.8, 4) is 55.9 Å². The molecule has 5 aromatic carbocycles. The molecule has 0 aliphatic heterocycles. The lowest BCUT2D eigenvalue weighted by Gasteiger charge is -2.61. The van der Waals surface area contributed by atoms with Crippen LogP contribution in [0.3, 0.4) is 0 Å². The molecule has 3 heteroatoms. The molecule has 1 spiro atoms. The van der Waals surface area contributed by atoms with Crippen LogP contribution in [0.1, 0.15) is 43.2 Å². The Morgan fingerprint density at radius 2 is 1.23 bits per heavy atom. The zero-order valence-corrected chi connectivity index (χ0v) is 29.0. The summed E-state index contributed by atoms with van der Waals surface area (Å²) >= 11 is 0. The molecule has 12 rings (SSSR count). The summed E-state index contributed by atoms with van der Waals surface area (Å²) in [7, 11) is 0. The highest BCUT2D eigenvalue weighted by Gasteiger charge is 2.61. The van der Waals surface area contributed by atoms with E-state index in [1.165, 1.54) is 71.0 Å². The van der Waals surface area contributed by atoms with Gasteiger partial charge in [-0.05, 0) is 137 Å². The van der Waals surface area contributed by atoms with Gasteiger partial charge < -0.3 is 0 Å². The van der Waals surface area contributed by atoms with E-state index in [4.69, 9.17) is 11.6 Å². The number of rotatable bonds is 4. The average Bonchev–Trinajstić information content (AvgIpc) is 3.50. The number of fused-ring (bicyclic) bond motifs is 4. The van der Waals surface area contributed by atoms with Crippen molar-refractivity contribution in [2.24, 2.45) is 23.7 Å². The molecule has 5 aliphatic rings. The van der Waals surface area contributed by atoms with E-state index < -0.39 is 0 Å². The maximum absolute atomic E-state index is 8.13. The van der Waals surface area contributed by atoms with Gasteiger partial charge in [-0.25, -0.2) is 9.83 Å². The molecular formula is C49H37N3. The highest BCUT2D eigenvalue weighted by atomic mass is 14.7. The topological polar surface area (TPSA) is 30.1 Å². The minimum atomic E-state index is 0.0195. The predicted octanol–water partition coefficient (Wildman–Crippen LogP) is 12.6. The standard InChI is InChI=1S/C49H37N3/c1-50-44-14-6-13-42-48(44)41-18-17-36(26-43(41)49(42)39-21-30-20-31(23-39)24-40(49)22-30)34-10-5-11-35(25-34)38-28-46(32-8-3-2-4-9-32)52-47(29-38)37-16-15-33-12-7-19-51-45(33)27-37/h2-19,25-31,39-40H,20-24H2. The fraction of sp³-hybridized carbons (Fsp3) is 0.204. The third kappa shape index (κ3) is 4.37. The van der Waals surface area contributed by atoms with Crippen molar-refractivity contribution >= 4 is 16.6 Å². The van der Waals surface area contributed by atoms with Gasteiger partial charge in [0.25, 0.3) is 0 Å². The molecule has 2 heterocycles. The van der Waals surface area contributed by atoms with Gasteiger partial charge in [-0.2, -0.15) is 0 Å². The van der Waals surface area contributed by atoms with E-state index in [1.54, 1.807) is 0 Å². The Labute approximate surface area is 304 Å². The fourth-order valence-corrected chi connectivity index (χ4v) is 11.2. The molecule has 0 amide bonds. The quantitative estimate of drug-likeness (QED) is 0.175. The van der Waals surface area contributed by atoms with Crippen LogP contribution in [0, 0.1) is 30.2 Å². The van der Waals surface area contributed by atoms with Crippen molar-refractivity contribution in [2.75, 3.05) is 0 Å². The summed E-state index contributed by atoms with van der Waals surface area (Å²) in [6.45, 7) is 8.13. The van der Waals surface area contributed by atoms with Crippen LogP contribution in [0.25, 0.3) is 71.6 Å². The molecule has 4 bridgehead atoms. The zero-order valence-electron chi connectivity index (χ0n) is 29.0. The second kappa shape index (κ2) is 11.3. The van der Waals surface area contributed by atoms with Crippen molar-refractivity contribution in [3.63, 3.8) is 0 Å². The van der Waals surface area contributed by atoms with Crippen LogP contribution in [0.4, 0.5) is 5.69 Å². The van der Waals surface area contributed by atoms with E-state index in [0.717, 1.165) is 56.5 Å². The molecule has 3 nitrogen and oxygen atoms in total. The van der Waals surface area contributed by atoms with Gasteiger partial charge in [0.1, 0.15) is 0 Å². The van der Waals surface area contributed by atoms with Crippen LogP contribution in [-0.4, -0.2) is 9.97 Å². The van der Waals surface area contributed by atoms with Crippen LogP contribution < -0.4 is 0 Å². The van der Waals surface area contributed by atoms with Gasteiger partial charge in [-0.3, -0.25) is 4.98 Å². The fourth-order valence-electron chi connectivity index (χ4n) is 11.2. The Hall–Kier alpha value is -5.85. The Kier molecular flexibility index (Phi) is 6.50. The second-order valence-corrected chi connectivity index (χ2v) is 15.7. The number of benzene rings is 5. The number of aromatic nitrogens is 2. The van der Waals surface area contributed by atoms with E-state index in [0.29, 0.717) is 11.8 Å². The summed E-state index contributed by atoms with van der Waals surface area (Å²) in [5.41, 5.74) is 16.0. The molecule has 0 unspecified atom stereocenters. The number of nitrogens with zero attached hydrogens (tertiary/aromatic N) is 3. The lowest BCUT2D eigenvalue weighted by molar-refractivity contribution is -0.0399. The zero-order chi connectivity index (χ0) is 34.4. The normalized spacial score (nSPS) is 23.4. The molecule has 5 aliphatic carbocycles. The molecule has 0 radical (unpaired) electrons. The molecule has 0 N–H and O–H groups in total. The minimum absolute atomic E-state index is 0.0195. The van der Waals surface area contributed by atoms with Crippen molar-refractivity contribution in [1.82, 2.24) is 9.97 Å². The Morgan fingerprint density at radius 3 is 2.02 bits per heavy atom. The first kappa shape index (κ1) is 29.8. The molecule has 248 valence electrons. The predicted molar refractivity (Wildman–Crippen MR) is 211 cm³/mol. The maximum Gasteiger partial charge on any atom is 0.195 e. The molecule has 2 aromatic heterocycles.